The van der Waals surface area contributed by atoms with Gasteiger partial charge in [0.1, 0.15) is 31.5 Å². The van der Waals surface area contributed by atoms with Crippen molar-refractivity contribution in [3.05, 3.63) is 60.8 Å². The van der Waals surface area contributed by atoms with Gasteiger partial charge in [0.25, 0.3) is 0 Å². The number of ether oxygens (including phenoxy) is 2. The van der Waals surface area contributed by atoms with Crippen LogP contribution in [0.2, 0.25) is 0 Å². The number of carbonyl (C=O) groups is 2. The van der Waals surface area contributed by atoms with Gasteiger partial charge in [-0.3, -0.25) is 27.7 Å². The lowest BCUT2D eigenvalue weighted by Gasteiger charge is -2.19. The molecule has 5 N–H and O–H groups in total. The summed E-state index contributed by atoms with van der Waals surface area (Å²) in [6, 6.07) is 0. The fourth-order valence-electron chi connectivity index (χ4n) is 5.15. The van der Waals surface area contributed by atoms with Gasteiger partial charge in [-0.15, -0.1) is 0 Å². The van der Waals surface area contributed by atoms with Crippen LogP contribution in [0, 0.1) is 0 Å². The number of carbonyl (C=O) groups excluding carboxylic acids is 2. The zero-order valence-corrected chi connectivity index (χ0v) is 37.9. The molecule has 0 saturated carbocycles. The molecule has 0 aliphatic heterocycles. The van der Waals surface area contributed by atoms with Crippen molar-refractivity contribution < 1.29 is 71.4 Å². The zero-order chi connectivity index (χ0) is 44.6. The van der Waals surface area contributed by atoms with Gasteiger partial charge in [0, 0.05) is 12.8 Å². The fraction of sp³-hybridized carbons (Fsp3) is 0.721. The van der Waals surface area contributed by atoms with Gasteiger partial charge >= 0.3 is 27.6 Å². The van der Waals surface area contributed by atoms with E-state index in [1.807, 2.05) is 30.4 Å². The second kappa shape index (κ2) is 39.6. The number of hydrogen-bond donors (Lipinski definition) is 5. The van der Waals surface area contributed by atoms with Crippen molar-refractivity contribution in [1.29, 1.82) is 0 Å². The summed E-state index contributed by atoms with van der Waals surface area (Å²) in [6.45, 7) is 0.167. The van der Waals surface area contributed by atoms with Crippen LogP contribution in [0.5, 0.6) is 0 Å². The molecule has 60 heavy (non-hydrogen) atoms. The van der Waals surface area contributed by atoms with E-state index in [9.17, 15) is 43.8 Å². The second-order valence-corrected chi connectivity index (χ2v) is 17.3. The Morgan fingerprint density at radius 2 is 0.867 bits per heavy atom. The third-order valence-electron chi connectivity index (χ3n) is 8.53. The quantitative estimate of drug-likeness (QED) is 0.0127. The number of allylic oxidation sites excluding steroid dienone is 10. The first-order valence-corrected chi connectivity index (χ1v) is 24.7. The van der Waals surface area contributed by atoms with Gasteiger partial charge in [0.05, 0.1) is 26.4 Å². The molecule has 0 amide bonds. The molecule has 0 fully saturated rings. The van der Waals surface area contributed by atoms with Crippen LogP contribution in [0.25, 0.3) is 0 Å². The first-order chi connectivity index (χ1) is 28.8. The Morgan fingerprint density at radius 3 is 1.37 bits per heavy atom. The molecule has 0 saturated heterocycles. The lowest BCUT2D eigenvalue weighted by Crippen LogP contribution is -2.25. The standard InChI is InChI=1S/C43H76O15P2/c1-3-5-7-9-11-13-15-17-18-20-22-24-26-28-30-32-43(48)54-34-40(45)36-56-60(51,52)58-38-41(46)37-57-59(49,50)55-35-39(44)33-53-42(47)31-29-27-25-23-21-19-16-14-12-10-8-6-4-2/h5,7,9,11,13,15,19,21,25,27,39-41,44-46H,3-4,6,8,10,12,14,16-18,20,22-24,26,28-38H2,1-2H3,(H,49,50)(H,51,52)/b7-5+,11-9+,15-13+,21-19-,27-25+. The molecule has 0 aromatic heterocycles. The maximum atomic E-state index is 12.1. The van der Waals surface area contributed by atoms with Crippen LogP contribution in [0.15, 0.2) is 60.8 Å². The number of esters is 2. The highest BCUT2D eigenvalue weighted by Gasteiger charge is 2.28. The fourth-order valence-corrected chi connectivity index (χ4v) is 6.74. The van der Waals surface area contributed by atoms with Gasteiger partial charge in [0.2, 0.25) is 0 Å². The van der Waals surface area contributed by atoms with Crippen molar-refractivity contribution in [3.8, 4) is 0 Å². The highest BCUT2D eigenvalue weighted by Crippen LogP contribution is 2.45. The molecule has 5 unspecified atom stereocenters. The summed E-state index contributed by atoms with van der Waals surface area (Å²) in [6.07, 6.45) is 35.2. The van der Waals surface area contributed by atoms with Crippen LogP contribution in [0.1, 0.15) is 142 Å². The van der Waals surface area contributed by atoms with E-state index >= 15 is 0 Å². The molecule has 0 spiro atoms. The van der Waals surface area contributed by atoms with Crippen molar-refractivity contribution in [2.75, 3.05) is 39.6 Å². The predicted molar refractivity (Wildman–Crippen MR) is 233 cm³/mol. The molecule has 0 aromatic carbocycles. The number of aliphatic hydroxyl groups excluding tert-OH is 3. The summed E-state index contributed by atoms with van der Waals surface area (Å²) in [4.78, 5) is 43.6. The van der Waals surface area contributed by atoms with Crippen molar-refractivity contribution in [2.45, 2.75) is 161 Å². The summed E-state index contributed by atoms with van der Waals surface area (Å²) >= 11 is 0. The third kappa shape index (κ3) is 41.1. The number of phosphoric ester groups is 2. The largest absolute Gasteiger partial charge is 0.472 e. The monoisotopic (exact) mass is 894 g/mol. The van der Waals surface area contributed by atoms with E-state index in [1.54, 1.807) is 0 Å². The molecule has 0 rings (SSSR count). The van der Waals surface area contributed by atoms with Crippen molar-refractivity contribution in [2.24, 2.45) is 0 Å². The highest BCUT2D eigenvalue weighted by molar-refractivity contribution is 7.47. The minimum atomic E-state index is -4.79. The first kappa shape index (κ1) is 57.7. The molecular weight excluding hydrogens is 818 g/mol. The van der Waals surface area contributed by atoms with E-state index in [-0.39, 0.29) is 12.8 Å². The van der Waals surface area contributed by atoms with E-state index in [1.165, 1.54) is 38.5 Å². The summed E-state index contributed by atoms with van der Waals surface area (Å²) in [5.74, 6) is -1.08. The van der Waals surface area contributed by atoms with Gasteiger partial charge in [-0.1, -0.05) is 139 Å². The molecule has 17 heteroatoms. The molecule has 348 valence electrons. The third-order valence-corrected chi connectivity index (χ3v) is 10.4. The van der Waals surface area contributed by atoms with Crippen LogP contribution >= 0.6 is 15.6 Å². The molecule has 15 nitrogen and oxygen atoms in total. The lowest BCUT2D eigenvalue weighted by atomic mass is 10.1. The molecule has 0 aliphatic carbocycles. The maximum absolute atomic E-state index is 12.1. The maximum Gasteiger partial charge on any atom is 0.472 e. The van der Waals surface area contributed by atoms with E-state index in [0.717, 1.165) is 64.2 Å². The molecule has 0 heterocycles. The SMILES string of the molecule is CC/C=C/C=C/C=C/CCCCCCCCCC(=O)OCC(O)COP(=O)(O)OCC(O)COP(=O)(O)OCC(O)COC(=O)CC/C=C/C/C=C\CCCCCCCC. The van der Waals surface area contributed by atoms with E-state index < -0.39 is 85.5 Å². The smallest absolute Gasteiger partial charge is 0.463 e. The van der Waals surface area contributed by atoms with Gasteiger partial charge in [0.15, 0.2) is 0 Å². The Morgan fingerprint density at radius 1 is 0.467 bits per heavy atom. The van der Waals surface area contributed by atoms with Crippen LogP contribution in [0.4, 0.5) is 0 Å². The molecule has 5 atom stereocenters. The van der Waals surface area contributed by atoms with E-state index in [0.29, 0.717) is 12.8 Å². The van der Waals surface area contributed by atoms with Crippen molar-refractivity contribution >= 4 is 27.6 Å². The van der Waals surface area contributed by atoms with Gasteiger partial charge in [-0.05, 0) is 51.4 Å². The van der Waals surface area contributed by atoms with Crippen LogP contribution < -0.4 is 0 Å². The molecule has 0 bridgehead atoms. The zero-order valence-electron chi connectivity index (χ0n) is 36.1. The Hall–Kier alpha value is -2.26. The van der Waals surface area contributed by atoms with Crippen molar-refractivity contribution in [3.63, 3.8) is 0 Å². The molecular formula is C43H76O15P2. The summed E-state index contributed by atoms with van der Waals surface area (Å²) in [7, 11) is -9.58. The van der Waals surface area contributed by atoms with Crippen LogP contribution in [0.3, 0.4) is 0 Å². The van der Waals surface area contributed by atoms with Crippen LogP contribution in [-0.2, 0) is 46.3 Å². The summed E-state index contributed by atoms with van der Waals surface area (Å²) in [5.41, 5.74) is 0. The predicted octanol–water partition coefficient (Wildman–Crippen LogP) is 9.05. The Labute approximate surface area is 359 Å². The highest BCUT2D eigenvalue weighted by atomic mass is 31.2. The van der Waals surface area contributed by atoms with E-state index in [4.69, 9.17) is 9.47 Å². The summed E-state index contributed by atoms with van der Waals surface area (Å²) in [5, 5.41) is 29.9. The Kier molecular flexibility index (Phi) is 38.1. The molecule has 0 aliphatic rings. The summed E-state index contributed by atoms with van der Waals surface area (Å²) < 4.78 is 52.8. The Bertz CT molecular complexity index is 1320. The minimum Gasteiger partial charge on any atom is -0.463 e. The molecule has 0 radical (unpaired) electrons. The topological polar surface area (TPSA) is 225 Å². The number of phosphoric acid groups is 2. The number of rotatable bonds is 41. The Balaban J connectivity index is 3.98. The van der Waals surface area contributed by atoms with Gasteiger partial charge in [-0.25, -0.2) is 9.13 Å². The number of aliphatic hydroxyl groups is 3. The average Bonchev–Trinajstić information content (AvgIpc) is 3.22. The van der Waals surface area contributed by atoms with Crippen LogP contribution in [-0.4, -0.2) is 95.0 Å². The normalized spacial score (nSPS) is 15.9. The van der Waals surface area contributed by atoms with Gasteiger partial charge in [-0.2, -0.15) is 0 Å². The number of unbranched alkanes of at least 4 members (excludes halogenated alkanes) is 13. The second-order valence-electron chi connectivity index (χ2n) is 14.4. The first-order valence-electron chi connectivity index (χ1n) is 21.7. The number of hydrogen-bond acceptors (Lipinski definition) is 13. The average molecular weight is 895 g/mol. The van der Waals surface area contributed by atoms with Crippen molar-refractivity contribution in [1.82, 2.24) is 0 Å². The molecule has 0 aromatic rings. The van der Waals surface area contributed by atoms with Gasteiger partial charge < -0.3 is 34.6 Å². The lowest BCUT2D eigenvalue weighted by molar-refractivity contribution is -0.148. The van der Waals surface area contributed by atoms with E-state index in [2.05, 4.69) is 62.3 Å². The minimum absolute atomic E-state index is 0.0890.